The maximum Gasteiger partial charge on any atom is 0.326 e. The van der Waals surface area contributed by atoms with Crippen molar-refractivity contribution < 1.29 is 19.5 Å². The molecule has 0 aliphatic carbocycles. The maximum atomic E-state index is 11.7. The number of carboxylic acid groups (broad SMARTS) is 1. The fourth-order valence-corrected chi connectivity index (χ4v) is 1.57. The van der Waals surface area contributed by atoms with Crippen LogP contribution in [0.15, 0.2) is 0 Å². The molecule has 0 aromatic heterocycles. The molecular weight excluding hydrogens is 260 g/mol. The molecule has 0 bridgehead atoms. The zero-order valence-electron chi connectivity index (χ0n) is 12.9. The van der Waals surface area contributed by atoms with Crippen molar-refractivity contribution in [3.63, 3.8) is 0 Å². The van der Waals surface area contributed by atoms with Gasteiger partial charge in [0.1, 0.15) is 6.04 Å². The number of carbonyl (C=O) groups is 3. The van der Waals surface area contributed by atoms with Crippen LogP contribution in [0, 0.1) is 17.8 Å². The predicted octanol–water partition coefficient (Wildman–Crippen LogP) is 1.01. The van der Waals surface area contributed by atoms with E-state index in [1.54, 1.807) is 6.92 Å². The lowest BCUT2D eigenvalue weighted by Gasteiger charge is -2.18. The highest BCUT2D eigenvalue weighted by molar-refractivity contribution is 5.88. The average Bonchev–Trinajstić information content (AvgIpc) is 2.33. The number of rotatable bonds is 8. The summed E-state index contributed by atoms with van der Waals surface area (Å²) in [5, 5.41) is 13.9. The Morgan fingerprint density at radius 3 is 2.00 bits per heavy atom. The number of carbonyl (C=O) groups excluding carboxylic acids is 2. The van der Waals surface area contributed by atoms with E-state index in [0.717, 1.165) is 0 Å². The molecule has 20 heavy (non-hydrogen) atoms. The zero-order chi connectivity index (χ0) is 15.9. The largest absolute Gasteiger partial charge is 0.480 e. The summed E-state index contributed by atoms with van der Waals surface area (Å²) in [4.78, 5) is 34.3. The Morgan fingerprint density at radius 1 is 1.05 bits per heavy atom. The van der Waals surface area contributed by atoms with Gasteiger partial charge in [-0.1, -0.05) is 34.6 Å². The fraction of sp³-hybridized carbons (Fsp3) is 0.786. The van der Waals surface area contributed by atoms with E-state index < -0.39 is 17.9 Å². The lowest BCUT2D eigenvalue weighted by atomic mass is 9.97. The molecule has 0 saturated heterocycles. The zero-order valence-corrected chi connectivity index (χ0v) is 12.9. The lowest BCUT2D eigenvalue weighted by Crippen LogP contribution is -2.47. The Labute approximate surface area is 120 Å². The van der Waals surface area contributed by atoms with Crippen LogP contribution in [0.4, 0.5) is 0 Å². The quantitative estimate of drug-likeness (QED) is 0.620. The van der Waals surface area contributed by atoms with E-state index in [1.165, 1.54) is 0 Å². The maximum absolute atomic E-state index is 11.7. The average molecular weight is 286 g/mol. The first-order chi connectivity index (χ1) is 9.15. The van der Waals surface area contributed by atoms with Crippen LogP contribution in [0.1, 0.15) is 41.0 Å². The van der Waals surface area contributed by atoms with E-state index in [1.807, 2.05) is 27.7 Å². The van der Waals surface area contributed by atoms with Crippen molar-refractivity contribution in [2.45, 2.75) is 47.1 Å². The molecule has 116 valence electrons. The predicted molar refractivity (Wildman–Crippen MR) is 76.0 cm³/mol. The minimum absolute atomic E-state index is 0.159. The van der Waals surface area contributed by atoms with Crippen molar-refractivity contribution in [1.82, 2.24) is 10.6 Å². The molecule has 6 heteroatoms. The molecule has 0 aromatic rings. The lowest BCUT2D eigenvalue weighted by molar-refractivity contribution is -0.142. The van der Waals surface area contributed by atoms with Crippen LogP contribution in [0.25, 0.3) is 0 Å². The topological polar surface area (TPSA) is 95.5 Å². The van der Waals surface area contributed by atoms with Crippen molar-refractivity contribution in [2.24, 2.45) is 17.8 Å². The van der Waals surface area contributed by atoms with Crippen molar-refractivity contribution in [3.05, 3.63) is 0 Å². The first-order valence-corrected chi connectivity index (χ1v) is 6.95. The first kappa shape index (κ1) is 18.4. The smallest absolute Gasteiger partial charge is 0.326 e. The molecule has 0 heterocycles. The van der Waals surface area contributed by atoms with E-state index >= 15 is 0 Å². The number of hydrogen-bond donors (Lipinski definition) is 3. The van der Waals surface area contributed by atoms with Crippen LogP contribution >= 0.6 is 0 Å². The SMILES string of the molecule is CC(C)C[C@H](NC(=O)CNC(=O)C(C)C(C)C)C(=O)O. The van der Waals surface area contributed by atoms with E-state index in [0.29, 0.717) is 6.42 Å². The molecule has 2 amide bonds. The standard InChI is InChI=1S/C14H26N2O4/c1-8(2)6-11(14(19)20)16-12(17)7-15-13(18)10(5)9(3)4/h8-11H,6-7H2,1-5H3,(H,15,18)(H,16,17)(H,19,20)/t10?,11-/m0/s1. The van der Waals surface area contributed by atoms with Crippen LogP contribution < -0.4 is 10.6 Å². The monoisotopic (exact) mass is 286 g/mol. The Bertz CT molecular complexity index is 353. The first-order valence-electron chi connectivity index (χ1n) is 6.95. The molecule has 0 spiro atoms. The van der Waals surface area contributed by atoms with Gasteiger partial charge in [0, 0.05) is 5.92 Å². The van der Waals surface area contributed by atoms with Gasteiger partial charge in [0.15, 0.2) is 0 Å². The van der Waals surface area contributed by atoms with Crippen LogP contribution in [0.5, 0.6) is 0 Å². The summed E-state index contributed by atoms with van der Waals surface area (Å²) in [7, 11) is 0. The Hall–Kier alpha value is -1.59. The molecule has 0 aromatic carbocycles. The van der Waals surface area contributed by atoms with Gasteiger partial charge >= 0.3 is 5.97 Å². The molecule has 0 aliphatic rings. The van der Waals surface area contributed by atoms with Crippen LogP contribution in [0.3, 0.4) is 0 Å². The van der Waals surface area contributed by atoms with Crippen LogP contribution in [0.2, 0.25) is 0 Å². The molecule has 0 aliphatic heterocycles. The minimum Gasteiger partial charge on any atom is -0.480 e. The summed E-state index contributed by atoms with van der Waals surface area (Å²) in [6.45, 7) is 9.21. The van der Waals surface area contributed by atoms with Crippen molar-refractivity contribution in [2.75, 3.05) is 6.54 Å². The highest BCUT2D eigenvalue weighted by atomic mass is 16.4. The Balaban J connectivity index is 4.27. The molecule has 3 N–H and O–H groups in total. The van der Waals surface area contributed by atoms with Gasteiger partial charge in [-0.25, -0.2) is 4.79 Å². The van der Waals surface area contributed by atoms with Gasteiger partial charge in [-0.3, -0.25) is 9.59 Å². The van der Waals surface area contributed by atoms with E-state index in [2.05, 4.69) is 10.6 Å². The van der Waals surface area contributed by atoms with Crippen molar-refractivity contribution in [1.29, 1.82) is 0 Å². The number of hydrogen-bond acceptors (Lipinski definition) is 3. The molecular formula is C14H26N2O4. The fourth-order valence-electron chi connectivity index (χ4n) is 1.57. The summed E-state index contributed by atoms with van der Waals surface area (Å²) in [6, 6.07) is -0.915. The van der Waals surface area contributed by atoms with E-state index in [-0.39, 0.29) is 30.2 Å². The third-order valence-corrected chi connectivity index (χ3v) is 3.18. The highest BCUT2D eigenvalue weighted by Gasteiger charge is 2.22. The van der Waals surface area contributed by atoms with Gasteiger partial charge < -0.3 is 15.7 Å². The highest BCUT2D eigenvalue weighted by Crippen LogP contribution is 2.09. The Kier molecular flexibility index (Phi) is 7.87. The van der Waals surface area contributed by atoms with Crippen LogP contribution in [-0.4, -0.2) is 35.5 Å². The van der Waals surface area contributed by atoms with Crippen molar-refractivity contribution >= 4 is 17.8 Å². The number of nitrogens with one attached hydrogen (secondary N) is 2. The summed E-state index contributed by atoms with van der Waals surface area (Å²) < 4.78 is 0. The van der Waals surface area contributed by atoms with Gasteiger partial charge in [-0.05, 0) is 18.3 Å². The van der Waals surface area contributed by atoms with Gasteiger partial charge in [0.2, 0.25) is 11.8 Å². The second kappa shape index (κ2) is 8.55. The second-order valence-corrected chi connectivity index (χ2v) is 5.84. The number of aliphatic carboxylic acids is 1. The number of carboxylic acids is 1. The molecule has 0 radical (unpaired) electrons. The van der Waals surface area contributed by atoms with E-state index in [4.69, 9.17) is 5.11 Å². The molecule has 1 unspecified atom stereocenters. The summed E-state index contributed by atoms with van der Waals surface area (Å²) >= 11 is 0. The normalized spacial score (nSPS) is 13.9. The minimum atomic E-state index is -1.06. The van der Waals surface area contributed by atoms with Crippen molar-refractivity contribution in [3.8, 4) is 0 Å². The van der Waals surface area contributed by atoms with Gasteiger partial charge in [-0.15, -0.1) is 0 Å². The third kappa shape index (κ3) is 7.11. The summed E-state index contributed by atoms with van der Waals surface area (Å²) in [5.41, 5.74) is 0. The Morgan fingerprint density at radius 2 is 1.60 bits per heavy atom. The summed E-state index contributed by atoms with van der Waals surface area (Å²) in [5.74, 6) is -1.59. The van der Waals surface area contributed by atoms with E-state index in [9.17, 15) is 14.4 Å². The van der Waals surface area contributed by atoms with Crippen LogP contribution in [-0.2, 0) is 14.4 Å². The van der Waals surface area contributed by atoms with Gasteiger partial charge in [0.05, 0.1) is 6.54 Å². The molecule has 2 atom stereocenters. The summed E-state index contributed by atoms with van der Waals surface area (Å²) in [6.07, 6.45) is 0.359. The second-order valence-electron chi connectivity index (χ2n) is 5.84. The number of amides is 2. The molecule has 0 fully saturated rings. The van der Waals surface area contributed by atoms with Gasteiger partial charge in [0.25, 0.3) is 0 Å². The third-order valence-electron chi connectivity index (χ3n) is 3.18. The molecule has 6 nitrogen and oxygen atoms in total. The molecule has 0 saturated carbocycles. The van der Waals surface area contributed by atoms with Gasteiger partial charge in [-0.2, -0.15) is 0 Å². The molecule has 0 rings (SSSR count).